The summed E-state index contributed by atoms with van der Waals surface area (Å²) in [5.74, 6) is 0.716. The van der Waals surface area contributed by atoms with Crippen LogP contribution in [-0.4, -0.2) is 42.0 Å². The first kappa shape index (κ1) is 16.0. The number of aromatic nitrogens is 1. The van der Waals surface area contributed by atoms with Gasteiger partial charge in [0.25, 0.3) is 0 Å². The maximum atomic E-state index is 12.6. The zero-order chi connectivity index (χ0) is 16.9. The van der Waals surface area contributed by atoms with E-state index in [0.717, 1.165) is 11.4 Å². The molecule has 2 N–H and O–H groups in total. The molecule has 1 saturated heterocycles. The molecule has 1 aromatic carbocycles. The van der Waals surface area contributed by atoms with Crippen molar-refractivity contribution in [3.63, 3.8) is 0 Å². The van der Waals surface area contributed by atoms with Gasteiger partial charge in [-0.2, -0.15) is 5.26 Å². The number of hydrogen-bond acceptors (Lipinski definition) is 5. The Labute approximate surface area is 141 Å². The normalized spacial score (nSPS) is 15.7. The molecule has 1 unspecified atom stereocenters. The van der Waals surface area contributed by atoms with Gasteiger partial charge in [-0.05, 0) is 17.7 Å². The van der Waals surface area contributed by atoms with Gasteiger partial charge in [0.2, 0.25) is 5.91 Å². The number of carbonyl (C=O) groups is 1. The van der Waals surface area contributed by atoms with Crippen LogP contribution in [0.5, 0.6) is 0 Å². The van der Waals surface area contributed by atoms with E-state index < -0.39 is 6.04 Å². The minimum absolute atomic E-state index is 0.0559. The standard InChI is InChI=1S/C18H19N5O/c19-13-14-6-7-21-16(12-14)22-8-10-23(11-9-22)18(24)17(20)15-4-2-1-3-5-15/h1-7,12,17H,8-11,20H2. The molecule has 1 aliphatic heterocycles. The highest BCUT2D eigenvalue weighted by molar-refractivity contribution is 5.83. The number of amides is 1. The lowest BCUT2D eigenvalue weighted by Gasteiger charge is -2.36. The van der Waals surface area contributed by atoms with E-state index in [9.17, 15) is 4.79 Å². The summed E-state index contributed by atoms with van der Waals surface area (Å²) in [6.07, 6.45) is 1.64. The number of hydrogen-bond donors (Lipinski definition) is 1. The van der Waals surface area contributed by atoms with Crippen LogP contribution in [0.25, 0.3) is 0 Å². The molecule has 0 spiro atoms. The highest BCUT2D eigenvalue weighted by Crippen LogP contribution is 2.18. The molecule has 0 radical (unpaired) electrons. The molecule has 0 aliphatic carbocycles. The largest absolute Gasteiger partial charge is 0.353 e. The first-order valence-corrected chi connectivity index (χ1v) is 7.89. The van der Waals surface area contributed by atoms with E-state index in [4.69, 9.17) is 11.0 Å². The van der Waals surface area contributed by atoms with Crippen LogP contribution >= 0.6 is 0 Å². The van der Waals surface area contributed by atoms with Crippen molar-refractivity contribution in [3.8, 4) is 6.07 Å². The summed E-state index contributed by atoms with van der Waals surface area (Å²) in [5, 5.41) is 8.98. The molecule has 3 rings (SSSR count). The van der Waals surface area contributed by atoms with E-state index in [2.05, 4.69) is 16.0 Å². The summed E-state index contributed by atoms with van der Waals surface area (Å²) in [6.45, 7) is 2.54. The Morgan fingerprint density at radius 3 is 2.54 bits per heavy atom. The van der Waals surface area contributed by atoms with Gasteiger partial charge >= 0.3 is 0 Å². The summed E-state index contributed by atoms with van der Waals surface area (Å²) in [6, 6.07) is 14.4. The van der Waals surface area contributed by atoms with Crippen molar-refractivity contribution < 1.29 is 4.79 Å². The molecular weight excluding hydrogens is 302 g/mol. The number of carbonyl (C=O) groups excluding carboxylic acids is 1. The zero-order valence-corrected chi connectivity index (χ0v) is 13.3. The predicted octanol–water partition coefficient (Wildman–Crippen LogP) is 1.30. The average molecular weight is 321 g/mol. The van der Waals surface area contributed by atoms with Crippen LogP contribution in [0.2, 0.25) is 0 Å². The highest BCUT2D eigenvalue weighted by Gasteiger charge is 2.26. The smallest absolute Gasteiger partial charge is 0.244 e. The Morgan fingerprint density at radius 1 is 1.17 bits per heavy atom. The third-order valence-corrected chi connectivity index (χ3v) is 4.21. The van der Waals surface area contributed by atoms with Crippen molar-refractivity contribution in [2.45, 2.75) is 6.04 Å². The second kappa shape index (κ2) is 7.11. The Morgan fingerprint density at radius 2 is 1.88 bits per heavy atom. The fourth-order valence-corrected chi connectivity index (χ4v) is 2.82. The van der Waals surface area contributed by atoms with E-state index in [-0.39, 0.29) is 5.91 Å². The third-order valence-electron chi connectivity index (χ3n) is 4.21. The monoisotopic (exact) mass is 321 g/mol. The molecule has 1 fully saturated rings. The highest BCUT2D eigenvalue weighted by atomic mass is 16.2. The van der Waals surface area contributed by atoms with Crippen molar-refractivity contribution in [1.82, 2.24) is 9.88 Å². The molecule has 24 heavy (non-hydrogen) atoms. The van der Waals surface area contributed by atoms with Gasteiger partial charge in [-0.25, -0.2) is 4.98 Å². The molecule has 0 saturated carbocycles. The minimum Gasteiger partial charge on any atom is -0.353 e. The molecular formula is C18H19N5O. The molecule has 6 nitrogen and oxygen atoms in total. The van der Waals surface area contributed by atoms with E-state index in [1.807, 2.05) is 30.3 Å². The Bertz CT molecular complexity index is 748. The van der Waals surface area contributed by atoms with Crippen molar-refractivity contribution in [1.29, 1.82) is 5.26 Å². The fraction of sp³-hybridized carbons (Fsp3) is 0.278. The number of rotatable bonds is 3. The topological polar surface area (TPSA) is 86.2 Å². The lowest BCUT2D eigenvalue weighted by molar-refractivity contribution is -0.133. The Balaban J connectivity index is 1.62. The van der Waals surface area contributed by atoms with Gasteiger partial charge < -0.3 is 15.5 Å². The van der Waals surface area contributed by atoms with Gasteiger partial charge in [0.15, 0.2) is 0 Å². The van der Waals surface area contributed by atoms with Crippen molar-refractivity contribution in [3.05, 3.63) is 59.8 Å². The molecule has 2 aromatic rings. The van der Waals surface area contributed by atoms with Gasteiger partial charge in [0, 0.05) is 32.4 Å². The van der Waals surface area contributed by atoms with Crippen LogP contribution in [-0.2, 0) is 4.79 Å². The number of benzene rings is 1. The van der Waals surface area contributed by atoms with E-state index >= 15 is 0 Å². The first-order chi connectivity index (χ1) is 11.7. The summed E-state index contributed by atoms with van der Waals surface area (Å²) in [7, 11) is 0. The Kier molecular flexibility index (Phi) is 4.73. The second-order valence-electron chi connectivity index (χ2n) is 5.72. The number of nitriles is 1. The zero-order valence-electron chi connectivity index (χ0n) is 13.3. The maximum Gasteiger partial charge on any atom is 0.244 e. The molecule has 1 atom stereocenters. The average Bonchev–Trinajstić information content (AvgIpc) is 2.67. The van der Waals surface area contributed by atoms with Crippen molar-refractivity contribution >= 4 is 11.7 Å². The van der Waals surface area contributed by atoms with Crippen molar-refractivity contribution in [2.75, 3.05) is 31.1 Å². The quantitative estimate of drug-likeness (QED) is 0.921. The van der Waals surface area contributed by atoms with Crippen LogP contribution in [0.3, 0.4) is 0 Å². The molecule has 2 heterocycles. The van der Waals surface area contributed by atoms with Crippen LogP contribution < -0.4 is 10.6 Å². The van der Waals surface area contributed by atoms with E-state index in [1.54, 1.807) is 23.2 Å². The predicted molar refractivity (Wildman–Crippen MR) is 91.1 cm³/mol. The number of anilines is 1. The Hall–Kier alpha value is -2.91. The van der Waals surface area contributed by atoms with Crippen LogP contribution in [0.1, 0.15) is 17.2 Å². The number of piperazine rings is 1. The van der Waals surface area contributed by atoms with Crippen LogP contribution in [0.15, 0.2) is 48.7 Å². The van der Waals surface area contributed by atoms with E-state index in [0.29, 0.717) is 31.7 Å². The molecule has 6 heteroatoms. The molecule has 0 bridgehead atoms. The third kappa shape index (κ3) is 3.36. The minimum atomic E-state index is -0.627. The fourth-order valence-electron chi connectivity index (χ4n) is 2.82. The van der Waals surface area contributed by atoms with Gasteiger partial charge in [0.1, 0.15) is 11.9 Å². The molecule has 122 valence electrons. The lowest BCUT2D eigenvalue weighted by Crippen LogP contribution is -2.51. The number of pyridine rings is 1. The summed E-state index contributed by atoms with van der Waals surface area (Å²) in [4.78, 5) is 20.8. The number of nitrogens with zero attached hydrogens (tertiary/aromatic N) is 4. The summed E-state index contributed by atoms with van der Waals surface area (Å²) in [5.41, 5.74) is 7.51. The molecule has 1 aliphatic rings. The summed E-state index contributed by atoms with van der Waals surface area (Å²) >= 11 is 0. The van der Waals surface area contributed by atoms with Crippen molar-refractivity contribution in [2.24, 2.45) is 5.73 Å². The van der Waals surface area contributed by atoms with Gasteiger partial charge in [0.05, 0.1) is 11.6 Å². The first-order valence-electron chi connectivity index (χ1n) is 7.89. The second-order valence-corrected chi connectivity index (χ2v) is 5.72. The van der Waals surface area contributed by atoms with Gasteiger partial charge in [-0.1, -0.05) is 30.3 Å². The van der Waals surface area contributed by atoms with Crippen LogP contribution in [0.4, 0.5) is 5.82 Å². The lowest BCUT2D eigenvalue weighted by atomic mass is 10.1. The van der Waals surface area contributed by atoms with Gasteiger partial charge in [-0.3, -0.25) is 4.79 Å². The SMILES string of the molecule is N#Cc1ccnc(N2CCN(C(=O)C(N)c3ccccc3)CC2)c1. The molecule has 1 amide bonds. The summed E-state index contributed by atoms with van der Waals surface area (Å²) < 4.78 is 0. The number of nitrogens with two attached hydrogens (primary N) is 1. The van der Waals surface area contributed by atoms with Crippen LogP contribution in [0, 0.1) is 11.3 Å². The molecule has 1 aromatic heterocycles. The maximum absolute atomic E-state index is 12.6. The van der Waals surface area contributed by atoms with E-state index in [1.165, 1.54) is 0 Å². The van der Waals surface area contributed by atoms with Gasteiger partial charge in [-0.15, -0.1) is 0 Å².